The standard InChI is InChI=1S/C15H10ClFN2O3S2/c1-6-11(14(21)22-2)24-15(18-6)19-13(20)12-10(16)9-7(17)4-3-5-8(9)23-12/h3-5H,1-2H3,(H,18,19,20). The molecule has 0 spiro atoms. The van der Waals surface area contributed by atoms with Gasteiger partial charge < -0.3 is 4.74 Å². The first-order chi connectivity index (χ1) is 11.4. The number of carbonyl (C=O) groups is 2. The van der Waals surface area contributed by atoms with Crippen LogP contribution in [0.2, 0.25) is 5.02 Å². The van der Waals surface area contributed by atoms with Gasteiger partial charge in [-0.15, -0.1) is 11.3 Å². The zero-order valence-corrected chi connectivity index (χ0v) is 14.9. The molecule has 0 saturated carbocycles. The lowest BCUT2D eigenvalue weighted by atomic mass is 10.2. The highest BCUT2D eigenvalue weighted by molar-refractivity contribution is 7.22. The molecular weight excluding hydrogens is 375 g/mol. The highest BCUT2D eigenvalue weighted by atomic mass is 35.5. The van der Waals surface area contributed by atoms with Gasteiger partial charge in [0.05, 0.1) is 17.8 Å². The second-order valence-corrected chi connectivity index (χ2v) is 7.17. The predicted molar refractivity (Wildman–Crippen MR) is 92.9 cm³/mol. The van der Waals surface area contributed by atoms with Gasteiger partial charge in [-0.2, -0.15) is 0 Å². The summed E-state index contributed by atoms with van der Waals surface area (Å²) in [4.78, 5) is 28.6. The molecular formula is C15H10ClFN2O3S2. The minimum absolute atomic E-state index is 0.0621. The van der Waals surface area contributed by atoms with E-state index in [4.69, 9.17) is 11.6 Å². The molecule has 124 valence electrons. The third-order valence-corrected chi connectivity index (χ3v) is 5.90. The summed E-state index contributed by atoms with van der Waals surface area (Å²) >= 11 is 8.24. The molecule has 1 aromatic carbocycles. The van der Waals surface area contributed by atoms with Gasteiger partial charge in [-0.3, -0.25) is 10.1 Å². The van der Waals surface area contributed by atoms with Crippen molar-refractivity contribution in [2.24, 2.45) is 0 Å². The molecule has 3 aromatic rings. The van der Waals surface area contributed by atoms with Gasteiger partial charge in [-0.05, 0) is 19.1 Å². The molecule has 2 heterocycles. The number of fused-ring (bicyclic) bond motifs is 1. The number of ether oxygens (including phenoxy) is 1. The summed E-state index contributed by atoms with van der Waals surface area (Å²) in [6.45, 7) is 1.64. The van der Waals surface area contributed by atoms with Crippen LogP contribution >= 0.6 is 34.3 Å². The number of aromatic nitrogens is 1. The fraction of sp³-hybridized carbons (Fsp3) is 0.133. The number of anilines is 1. The molecule has 9 heteroatoms. The number of thiophene rings is 1. The number of halogens is 2. The van der Waals surface area contributed by atoms with Crippen LogP contribution in [-0.2, 0) is 4.74 Å². The molecule has 0 aliphatic heterocycles. The molecule has 1 amide bonds. The number of hydrogen-bond donors (Lipinski definition) is 1. The van der Waals surface area contributed by atoms with Crippen molar-refractivity contribution in [3.63, 3.8) is 0 Å². The van der Waals surface area contributed by atoms with Crippen molar-refractivity contribution >= 4 is 61.4 Å². The lowest BCUT2D eigenvalue weighted by molar-refractivity contribution is 0.0605. The summed E-state index contributed by atoms with van der Waals surface area (Å²) in [5, 5.41) is 3.11. The number of benzene rings is 1. The maximum absolute atomic E-state index is 13.9. The van der Waals surface area contributed by atoms with Crippen LogP contribution in [0.1, 0.15) is 25.0 Å². The average molecular weight is 385 g/mol. The first-order valence-electron chi connectivity index (χ1n) is 6.66. The Kier molecular flexibility index (Phi) is 4.53. The van der Waals surface area contributed by atoms with Crippen LogP contribution in [0.4, 0.5) is 9.52 Å². The summed E-state index contributed by atoms with van der Waals surface area (Å²) in [6, 6.07) is 4.53. The van der Waals surface area contributed by atoms with Gasteiger partial charge in [0.25, 0.3) is 5.91 Å². The molecule has 3 rings (SSSR count). The second kappa shape index (κ2) is 6.46. The van der Waals surface area contributed by atoms with Gasteiger partial charge in [0.15, 0.2) is 5.13 Å². The second-order valence-electron chi connectivity index (χ2n) is 4.74. The monoisotopic (exact) mass is 384 g/mol. The predicted octanol–water partition coefficient (Wildman–Crippen LogP) is 4.50. The number of hydrogen-bond acceptors (Lipinski definition) is 6. The molecule has 0 saturated heterocycles. The molecule has 0 radical (unpaired) electrons. The van der Waals surface area contributed by atoms with E-state index < -0.39 is 17.7 Å². The SMILES string of the molecule is COC(=O)c1sc(NC(=O)c2sc3cccc(F)c3c2Cl)nc1C. The van der Waals surface area contributed by atoms with E-state index in [2.05, 4.69) is 15.0 Å². The van der Waals surface area contributed by atoms with Gasteiger partial charge in [0, 0.05) is 10.1 Å². The number of nitrogens with one attached hydrogen (secondary N) is 1. The van der Waals surface area contributed by atoms with Crippen LogP contribution in [0.3, 0.4) is 0 Å². The molecule has 0 atom stereocenters. The van der Waals surface area contributed by atoms with Crippen molar-refractivity contribution in [2.45, 2.75) is 6.92 Å². The van der Waals surface area contributed by atoms with E-state index in [0.29, 0.717) is 15.3 Å². The Balaban J connectivity index is 1.92. The number of aryl methyl sites for hydroxylation is 1. The number of methoxy groups -OCH3 is 1. The third-order valence-electron chi connectivity index (χ3n) is 3.20. The van der Waals surface area contributed by atoms with E-state index in [-0.39, 0.29) is 20.4 Å². The maximum Gasteiger partial charge on any atom is 0.350 e. The normalized spacial score (nSPS) is 10.8. The van der Waals surface area contributed by atoms with Gasteiger partial charge >= 0.3 is 5.97 Å². The third kappa shape index (κ3) is 2.88. The average Bonchev–Trinajstić information content (AvgIpc) is 3.08. The largest absolute Gasteiger partial charge is 0.465 e. The van der Waals surface area contributed by atoms with Crippen molar-refractivity contribution in [2.75, 3.05) is 12.4 Å². The topological polar surface area (TPSA) is 68.3 Å². The van der Waals surface area contributed by atoms with Gasteiger partial charge in [-0.1, -0.05) is 29.0 Å². The van der Waals surface area contributed by atoms with E-state index in [1.165, 1.54) is 13.2 Å². The lowest BCUT2D eigenvalue weighted by Gasteiger charge is -1.99. The molecule has 0 unspecified atom stereocenters. The molecule has 0 bridgehead atoms. The summed E-state index contributed by atoms with van der Waals surface area (Å²) in [5.74, 6) is -1.51. The Morgan fingerprint density at radius 2 is 2.04 bits per heavy atom. The Morgan fingerprint density at radius 3 is 2.71 bits per heavy atom. The molecule has 2 aromatic heterocycles. The first kappa shape index (κ1) is 16.8. The van der Waals surface area contributed by atoms with E-state index in [1.54, 1.807) is 19.1 Å². The highest BCUT2D eigenvalue weighted by Gasteiger charge is 2.22. The van der Waals surface area contributed by atoms with E-state index in [9.17, 15) is 14.0 Å². The van der Waals surface area contributed by atoms with Crippen molar-refractivity contribution in [3.05, 3.63) is 44.5 Å². The Hall–Kier alpha value is -2.03. The van der Waals surface area contributed by atoms with Crippen LogP contribution in [0.5, 0.6) is 0 Å². The number of amides is 1. The summed E-state index contributed by atoms with van der Waals surface area (Å²) in [5.41, 5.74) is 0.454. The van der Waals surface area contributed by atoms with Crippen molar-refractivity contribution in [3.8, 4) is 0 Å². The zero-order valence-electron chi connectivity index (χ0n) is 12.5. The van der Waals surface area contributed by atoms with Gasteiger partial charge in [0.2, 0.25) is 0 Å². The minimum Gasteiger partial charge on any atom is -0.465 e. The molecule has 5 nitrogen and oxygen atoms in total. The lowest BCUT2D eigenvalue weighted by Crippen LogP contribution is -2.10. The Labute approximate surface area is 149 Å². The molecule has 0 fully saturated rings. The van der Waals surface area contributed by atoms with E-state index in [0.717, 1.165) is 22.7 Å². The molecule has 0 aliphatic rings. The smallest absolute Gasteiger partial charge is 0.350 e. The van der Waals surface area contributed by atoms with Gasteiger partial charge in [0.1, 0.15) is 15.6 Å². The summed E-state index contributed by atoms with van der Waals surface area (Å²) in [6.07, 6.45) is 0. The summed E-state index contributed by atoms with van der Waals surface area (Å²) < 4.78 is 19.1. The fourth-order valence-electron chi connectivity index (χ4n) is 2.10. The zero-order chi connectivity index (χ0) is 17.4. The van der Waals surface area contributed by atoms with Crippen LogP contribution < -0.4 is 5.32 Å². The first-order valence-corrected chi connectivity index (χ1v) is 8.67. The number of rotatable bonds is 3. The fourth-order valence-corrected chi connectivity index (χ4v) is 4.44. The molecule has 1 N–H and O–H groups in total. The summed E-state index contributed by atoms with van der Waals surface area (Å²) in [7, 11) is 1.27. The van der Waals surface area contributed by atoms with Crippen molar-refractivity contribution < 1.29 is 18.7 Å². The number of carbonyl (C=O) groups excluding carboxylic acids is 2. The quantitative estimate of drug-likeness (QED) is 0.675. The van der Waals surface area contributed by atoms with Crippen LogP contribution in [0, 0.1) is 12.7 Å². The number of esters is 1. The van der Waals surface area contributed by atoms with Crippen LogP contribution in [-0.4, -0.2) is 24.0 Å². The Morgan fingerprint density at radius 1 is 1.29 bits per heavy atom. The molecule has 0 aliphatic carbocycles. The van der Waals surface area contributed by atoms with Crippen LogP contribution in [0.25, 0.3) is 10.1 Å². The maximum atomic E-state index is 13.9. The minimum atomic E-state index is -0.521. The van der Waals surface area contributed by atoms with Gasteiger partial charge in [-0.25, -0.2) is 14.2 Å². The van der Waals surface area contributed by atoms with Crippen molar-refractivity contribution in [1.82, 2.24) is 4.98 Å². The Bertz CT molecular complexity index is 967. The molecule has 24 heavy (non-hydrogen) atoms. The number of nitrogens with zero attached hydrogens (tertiary/aromatic N) is 1. The van der Waals surface area contributed by atoms with Crippen LogP contribution in [0.15, 0.2) is 18.2 Å². The highest BCUT2D eigenvalue weighted by Crippen LogP contribution is 2.37. The van der Waals surface area contributed by atoms with E-state index >= 15 is 0 Å². The van der Waals surface area contributed by atoms with E-state index in [1.807, 2.05) is 0 Å². The number of thiazole rings is 1. The van der Waals surface area contributed by atoms with Crippen molar-refractivity contribution in [1.29, 1.82) is 0 Å².